The molecule has 7 aromatic carbocycles. The number of hydrogen-bond donors (Lipinski definition) is 0. The molecule has 0 saturated carbocycles. The van der Waals surface area contributed by atoms with E-state index in [1.165, 1.54) is 64.1 Å². The van der Waals surface area contributed by atoms with E-state index < -0.39 is 10.0 Å². The van der Waals surface area contributed by atoms with Crippen molar-refractivity contribution in [3.63, 3.8) is 0 Å². The molecule has 0 aliphatic heterocycles. The first-order valence-corrected chi connectivity index (χ1v) is 18.0. The third kappa shape index (κ3) is 5.56. The van der Waals surface area contributed by atoms with Gasteiger partial charge in [-0.3, -0.25) is 0 Å². The molecule has 0 nitrogen and oxygen atoms in total. The van der Waals surface area contributed by atoms with Crippen molar-refractivity contribution in [1.82, 2.24) is 0 Å². The van der Waals surface area contributed by atoms with E-state index in [4.69, 9.17) is 0 Å². The highest BCUT2D eigenvalue weighted by Crippen LogP contribution is 2.67. The fraction of sp³-hybridized carbons (Fsp3) is 0.0870. The second-order valence-electron chi connectivity index (χ2n) is 12.1. The van der Waals surface area contributed by atoms with Crippen LogP contribution in [-0.2, 0) is 6.42 Å². The maximum absolute atomic E-state index is 4.05. The van der Waals surface area contributed by atoms with Gasteiger partial charge in [0.15, 0.2) is 0 Å². The van der Waals surface area contributed by atoms with Crippen LogP contribution in [0.2, 0.25) is 0 Å². The first-order chi connectivity index (χ1) is 23.1. The molecule has 0 amide bonds. The van der Waals surface area contributed by atoms with Crippen LogP contribution in [0.1, 0.15) is 37.5 Å². The molecule has 0 aliphatic carbocycles. The minimum Gasteiger partial charge on any atom is -0.0949 e. The third-order valence-corrected chi connectivity index (χ3v) is 12.2. The van der Waals surface area contributed by atoms with Crippen LogP contribution in [-0.4, -0.2) is 0 Å². The van der Waals surface area contributed by atoms with Gasteiger partial charge in [-0.25, -0.2) is 0 Å². The predicted octanol–water partition coefficient (Wildman–Crippen LogP) is 12.9. The van der Waals surface area contributed by atoms with E-state index in [-0.39, 0.29) is 0 Å². The summed E-state index contributed by atoms with van der Waals surface area (Å²) in [6, 6.07) is 56.9. The van der Waals surface area contributed by atoms with Crippen LogP contribution in [0.3, 0.4) is 0 Å². The first kappa shape index (κ1) is 30.4. The summed E-state index contributed by atoms with van der Waals surface area (Å²) < 4.78 is 0. The maximum atomic E-state index is 4.05. The molecule has 0 atom stereocenters. The van der Waals surface area contributed by atoms with Crippen LogP contribution in [0.15, 0.2) is 178 Å². The van der Waals surface area contributed by atoms with Gasteiger partial charge in [0.2, 0.25) is 0 Å². The Kier molecular flexibility index (Phi) is 8.54. The van der Waals surface area contributed by atoms with Crippen molar-refractivity contribution in [3.05, 3.63) is 180 Å². The van der Waals surface area contributed by atoms with Crippen LogP contribution in [0.4, 0.5) is 0 Å². The average Bonchev–Trinajstić information content (AvgIpc) is 3.13. The van der Waals surface area contributed by atoms with E-state index >= 15 is 0 Å². The predicted molar refractivity (Wildman–Crippen MR) is 204 cm³/mol. The lowest BCUT2D eigenvalue weighted by atomic mass is 9.83. The summed E-state index contributed by atoms with van der Waals surface area (Å²) in [5.41, 5.74) is 7.51. The molecule has 0 aliphatic rings. The van der Waals surface area contributed by atoms with Crippen LogP contribution in [0.5, 0.6) is 0 Å². The van der Waals surface area contributed by atoms with Crippen molar-refractivity contribution < 1.29 is 0 Å². The van der Waals surface area contributed by atoms with Gasteiger partial charge in [-0.05, 0) is 106 Å². The van der Waals surface area contributed by atoms with Gasteiger partial charge < -0.3 is 0 Å². The molecule has 0 unspecified atom stereocenters. The van der Waals surface area contributed by atoms with Gasteiger partial charge in [0.25, 0.3) is 0 Å². The molecule has 0 radical (unpaired) electrons. The van der Waals surface area contributed by atoms with E-state index in [1.54, 1.807) is 0 Å². The van der Waals surface area contributed by atoms with Crippen LogP contribution < -0.4 is 0 Å². The highest BCUT2D eigenvalue weighted by atomic mass is 32.3. The summed E-state index contributed by atoms with van der Waals surface area (Å²) >= 11 is 0. The Balaban J connectivity index is 1.61. The van der Waals surface area contributed by atoms with Crippen molar-refractivity contribution in [2.75, 3.05) is 0 Å². The molecule has 228 valence electrons. The lowest BCUT2D eigenvalue weighted by Gasteiger charge is -2.36. The zero-order valence-corrected chi connectivity index (χ0v) is 28.0. The molecule has 0 aromatic heterocycles. The number of hydrogen-bond acceptors (Lipinski definition) is 0. The molecule has 0 spiro atoms. The van der Waals surface area contributed by atoms with E-state index in [1.807, 2.05) is 0 Å². The molecule has 0 heterocycles. The first-order valence-electron chi connectivity index (χ1n) is 16.3. The van der Waals surface area contributed by atoms with Gasteiger partial charge in [-0.15, -0.1) is 0 Å². The summed E-state index contributed by atoms with van der Waals surface area (Å²) in [5, 5.41) is 9.00. The van der Waals surface area contributed by atoms with Crippen molar-refractivity contribution in [1.29, 1.82) is 0 Å². The Bertz CT molecular complexity index is 2180. The molecular weight excluding hydrogens is 585 g/mol. The number of rotatable bonds is 6. The number of fused-ring (bicyclic) bond motifs is 2. The highest BCUT2D eigenvalue weighted by Gasteiger charge is 2.29. The maximum Gasteiger partial charge on any atom is 0.0370 e. The summed E-state index contributed by atoms with van der Waals surface area (Å²) in [6.45, 7) is 6.67. The van der Waals surface area contributed by atoms with Crippen LogP contribution in [0, 0.1) is 11.2 Å². The normalized spacial score (nSPS) is 11.6. The molecule has 7 aromatic rings. The Morgan fingerprint density at radius 2 is 1.04 bits per heavy atom. The lowest BCUT2D eigenvalue weighted by Crippen LogP contribution is -2.03. The second-order valence-corrected chi connectivity index (χ2v) is 14.9. The smallest absolute Gasteiger partial charge is 0.0370 e. The molecule has 1 heteroatoms. The average molecular weight is 623 g/mol. The zero-order chi connectivity index (χ0) is 32.2. The van der Waals surface area contributed by atoms with Crippen molar-refractivity contribution in [2.45, 2.75) is 41.9 Å². The molecule has 0 bridgehead atoms. The van der Waals surface area contributed by atoms with E-state index in [9.17, 15) is 0 Å². The topological polar surface area (TPSA) is 0 Å². The van der Waals surface area contributed by atoms with Gasteiger partial charge in [-0.2, -0.15) is 0 Å². The zero-order valence-electron chi connectivity index (χ0n) is 27.2. The minimum atomic E-state index is -1.93. The molecule has 0 saturated heterocycles. The van der Waals surface area contributed by atoms with E-state index in [0.717, 1.165) is 12.0 Å². The third-order valence-electron chi connectivity index (χ3n) is 8.83. The van der Waals surface area contributed by atoms with Crippen molar-refractivity contribution >= 4 is 37.6 Å². The quantitative estimate of drug-likeness (QED) is 0.162. The second kappa shape index (κ2) is 13.2. The molecular formula is C46H38S. The summed E-state index contributed by atoms with van der Waals surface area (Å²) in [4.78, 5) is 3.72. The number of allylic oxidation sites excluding steroid dienone is 1. The lowest BCUT2D eigenvalue weighted by molar-refractivity contribution is 1.13. The fourth-order valence-corrected chi connectivity index (χ4v) is 9.91. The van der Waals surface area contributed by atoms with Gasteiger partial charge in [0.05, 0.1) is 0 Å². The Morgan fingerprint density at radius 3 is 1.60 bits per heavy atom. The molecule has 0 fully saturated rings. The van der Waals surface area contributed by atoms with Crippen LogP contribution >= 0.6 is 10.0 Å². The fourth-order valence-electron chi connectivity index (χ4n) is 6.79. The number of benzene rings is 7. The van der Waals surface area contributed by atoms with E-state index in [2.05, 4.69) is 196 Å². The Hall–Kier alpha value is -5.29. The van der Waals surface area contributed by atoms with Crippen molar-refractivity contribution in [2.24, 2.45) is 0 Å². The Labute approximate surface area is 280 Å². The highest BCUT2D eigenvalue weighted by molar-refractivity contribution is 8.37. The standard InChI is InChI=1S/C46H38S/c1-4-39-42(31-32-47(36-21-8-5-9-22-36,37-23-10-6-11-24-37)38-25-12-7-13-26-38)41-28-16-17-29-44(41)46(45(39)33-34(2)3)43-30-18-20-35-19-14-15-27-40(35)43/h5-30,33H,4H2,1-3H3. The Morgan fingerprint density at radius 1 is 0.553 bits per heavy atom. The minimum absolute atomic E-state index is 0.871. The van der Waals surface area contributed by atoms with Gasteiger partial charge in [0, 0.05) is 20.2 Å². The molecule has 0 N–H and O–H groups in total. The summed E-state index contributed by atoms with van der Waals surface area (Å²) in [5.74, 6) is 3.93. The van der Waals surface area contributed by atoms with Gasteiger partial charge >= 0.3 is 0 Å². The van der Waals surface area contributed by atoms with Crippen molar-refractivity contribution in [3.8, 4) is 22.3 Å². The van der Waals surface area contributed by atoms with Crippen LogP contribution in [0.25, 0.3) is 38.7 Å². The van der Waals surface area contributed by atoms with Gasteiger partial charge in [0.1, 0.15) is 0 Å². The summed E-state index contributed by atoms with van der Waals surface area (Å²) in [6.07, 6.45) is 3.25. The summed E-state index contributed by atoms with van der Waals surface area (Å²) in [7, 11) is -1.93. The molecule has 47 heavy (non-hydrogen) atoms. The largest absolute Gasteiger partial charge is 0.0949 e. The monoisotopic (exact) mass is 622 g/mol. The van der Waals surface area contributed by atoms with Gasteiger partial charge in [-0.1, -0.05) is 156 Å². The van der Waals surface area contributed by atoms with E-state index in [0.29, 0.717) is 0 Å². The molecule has 7 rings (SSSR count). The SMILES string of the molecule is CCc1c(C=C(C)C)c(-c2cccc3ccccc23)c2ccccc2c1C#CS(c1ccccc1)(c1ccccc1)c1ccccc1.